The lowest BCUT2D eigenvalue weighted by molar-refractivity contribution is -0.119. The van der Waals surface area contributed by atoms with Crippen LogP contribution in [0.25, 0.3) is 0 Å². The van der Waals surface area contributed by atoms with E-state index in [0.29, 0.717) is 22.8 Å². The van der Waals surface area contributed by atoms with Gasteiger partial charge in [-0.05, 0) is 43.3 Å². The number of hydrogen-bond donors (Lipinski definition) is 2. The van der Waals surface area contributed by atoms with Gasteiger partial charge in [-0.3, -0.25) is 4.79 Å². The smallest absolute Gasteiger partial charge is 0.268 e. The number of aromatic nitrogens is 3. The van der Waals surface area contributed by atoms with E-state index in [9.17, 15) is 13.2 Å². The molecular formula is C25H25N7O3S. The third-order valence-electron chi connectivity index (χ3n) is 5.40. The molecule has 0 aliphatic rings. The normalized spacial score (nSPS) is 12.6. The molecule has 4 aromatic rings. The second-order valence-corrected chi connectivity index (χ2v) is 10.1. The highest BCUT2D eigenvalue weighted by Crippen LogP contribution is 2.23. The first-order chi connectivity index (χ1) is 17.2. The van der Waals surface area contributed by atoms with Crippen molar-refractivity contribution in [2.75, 3.05) is 5.73 Å². The van der Waals surface area contributed by atoms with E-state index in [1.807, 2.05) is 37.3 Å². The van der Waals surface area contributed by atoms with Crippen LogP contribution < -0.4 is 11.5 Å². The lowest BCUT2D eigenvalue weighted by Gasteiger charge is -2.09. The van der Waals surface area contributed by atoms with Gasteiger partial charge in [0, 0.05) is 12.6 Å². The molecule has 0 aliphatic carbocycles. The first-order valence-corrected chi connectivity index (χ1v) is 12.5. The molecule has 0 amide bonds. The Morgan fingerprint density at radius 2 is 1.72 bits per heavy atom. The Morgan fingerprint density at radius 3 is 2.42 bits per heavy atom. The molecular weight excluding hydrogens is 478 g/mol. The van der Waals surface area contributed by atoms with Crippen molar-refractivity contribution < 1.29 is 13.2 Å². The summed E-state index contributed by atoms with van der Waals surface area (Å²) in [4.78, 5) is 21.2. The van der Waals surface area contributed by atoms with Crippen LogP contribution in [0.2, 0.25) is 0 Å². The molecule has 0 spiro atoms. The fourth-order valence-electron chi connectivity index (χ4n) is 3.36. The summed E-state index contributed by atoms with van der Waals surface area (Å²) in [5, 5.41) is 8.22. The summed E-state index contributed by atoms with van der Waals surface area (Å²) in [5.74, 6) is -0.134. The van der Waals surface area contributed by atoms with Crippen molar-refractivity contribution in [1.29, 1.82) is 0 Å². The van der Waals surface area contributed by atoms with Gasteiger partial charge in [-0.15, -0.1) is 5.11 Å². The van der Waals surface area contributed by atoms with Crippen LogP contribution >= 0.6 is 0 Å². The van der Waals surface area contributed by atoms with Gasteiger partial charge in [-0.2, -0.15) is 5.11 Å². The van der Waals surface area contributed by atoms with E-state index in [4.69, 9.17) is 11.5 Å². The van der Waals surface area contributed by atoms with Gasteiger partial charge in [0.2, 0.25) is 0 Å². The number of azo groups is 1. The minimum Gasteiger partial charge on any atom is -0.382 e. The first-order valence-electron chi connectivity index (χ1n) is 11.1. The van der Waals surface area contributed by atoms with E-state index in [0.717, 1.165) is 9.54 Å². The Bertz CT molecular complexity index is 1500. The maximum Gasteiger partial charge on any atom is 0.268 e. The third-order valence-corrected chi connectivity index (χ3v) is 7.02. The van der Waals surface area contributed by atoms with Crippen molar-refractivity contribution in [3.63, 3.8) is 0 Å². The van der Waals surface area contributed by atoms with Gasteiger partial charge in [-0.25, -0.2) is 22.4 Å². The molecule has 0 bridgehead atoms. The molecule has 2 heterocycles. The molecule has 184 valence electrons. The van der Waals surface area contributed by atoms with E-state index in [1.54, 1.807) is 24.3 Å². The number of nitrogen functional groups attached to an aromatic ring is 1. The van der Waals surface area contributed by atoms with Crippen molar-refractivity contribution in [2.24, 2.45) is 16.0 Å². The van der Waals surface area contributed by atoms with Crippen LogP contribution in [0, 0.1) is 6.92 Å². The molecule has 0 saturated carbocycles. The van der Waals surface area contributed by atoms with E-state index in [1.165, 1.54) is 24.7 Å². The number of carbonyl (C=O) groups excluding carboxylic acids is 1. The molecule has 10 nitrogen and oxygen atoms in total. The lowest BCUT2D eigenvalue weighted by atomic mass is 10.0. The lowest BCUT2D eigenvalue weighted by Crippen LogP contribution is -2.34. The SMILES string of the molecule is Cc1ccc(S(=O)(=O)n2cnc(C[C@H](N)C(=O)Cc3ccc(N=Nc4ccccc4)c(N)n3)c2)cc1. The minimum atomic E-state index is -3.78. The number of Topliss-reactive ketones (excluding diaryl/α,β-unsaturated/α-hetero) is 1. The van der Waals surface area contributed by atoms with Gasteiger partial charge in [0.15, 0.2) is 11.6 Å². The second-order valence-electron chi connectivity index (χ2n) is 8.21. The zero-order valence-electron chi connectivity index (χ0n) is 19.5. The molecule has 2 aromatic carbocycles. The van der Waals surface area contributed by atoms with Crippen molar-refractivity contribution in [2.45, 2.75) is 30.7 Å². The summed E-state index contributed by atoms with van der Waals surface area (Å²) in [6.07, 6.45) is 2.61. The standard InChI is InChI=1S/C25H25N7O3S/c1-17-7-10-21(11-8-17)36(34,35)32-15-20(28-16-32)13-22(26)24(33)14-19-9-12-23(25(27)29-19)31-30-18-5-3-2-4-6-18/h2-12,15-16,22H,13-14,26H2,1H3,(H2,27,29)/t22-/m0/s1. The highest BCUT2D eigenvalue weighted by molar-refractivity contribution is 7.90. The summed E-state index contributed by atoms with van der Waals surface area (Å²) >= 11 is 0. The van der Waals surface area contributed by atoms with Crippen molar-refractivity contribution in [1.82, 2.24) is 13.9 Å². The van der Waals surface area contributed by atoms with Gasteiger partial charge < -0.3 is 11.5 Å². The van der Waals surface area contributed by atoms with Gasteiger partial charge in [0.1, 0.15) is 12.0 Å². The Hall–Kier alpha value is -4.22. The molecule has 11 heteroatoms. The summed E-state index contributed by atoms with van der Waals surface area (Å²) < 4.78 is 26.6. The van der Waals surface area contributed by atoms with Crippen LogP contribution in [0.4, 0.5) is 17.2 Å². The number of nitrogens with zero attached hydrogens (tertiary/aromatic N) is 5. The Kier molecular flexibility index (Phi) is 7.32. The third kappa shape index (κ3) is 5.88. The highest BCUT2D eigenvalue weighted by Gasteiger charge is 2.21. The van der Waals surface area contributed by atoms with Crippen LogP contribution in [0.3, 0.4) is 0 Å². The van der Waals surface area contributed by atoms with Crippen LogP contribution in [-0.4, -0.2) is 34.2 Å². The number of rotatable bonds is 9. The van der Waals surface area contributed by atoms with E-state index >= 15 is 0 Å². The van der Waals surface area contributed by atoms with E-state index in [-0.39, 0.29) is 29.3 Å². The quantitative estimate of drug-likeness (QED) is 0.331. The molecule has 0 radical (unpaired) electrons. The maximum atomic E-state index is 12.8. The zero-order chi connectivity index (χ0) is 25.7. The topological polar surface area (TPSA) is 159 Å². The van der Waals surface area contributed by atoms with Crippen LogP contribution in [0.1, 0.15) is 17.0 Å². The molecule has 0 saturated heterocycles. The molecule has 36 heavy (non-hydrogen) atoms. The van der Waals surface area contributed by atoms with Gasteiger partial charge >= 0.3 is 0 Å². The number of carbonyl (C=O) groups is 1. The number of aryl methyl sites for hydroxylation is 1. The fourth-order valence-corrected chi connectivity index (χ4v) is 4.52. The number of anilines is 1. The summed E-state index contributed by atoms with van der Waals surface area (Å²) in [5.41, 5.74) is 14.9. The minimum absolute atomic E-state index is 0.0378. The predicted octanol–water partition coefficient (Wildman–Crippen LogP) is 3.50. The zero-order valence-corrected chi connectivity index (χ0v) is 20.3. The summed E-state index contributed by atoms with van der Waals surface area (Å²) in [6.45, 7) is 1.87. The number of ketones is 1. The number of hydrogen-bond acceptors (Lipinski definition) is 9. The van der Waals surface area contributed by atoms with Gasteiger partial charge in [0.25, 0.3) is 10.0 Å². The summed E-state index contributed by atoms with van der Waals surface area (Å²) in [7, 11) is -3.78. The molecule has 4 rings (SSSR count). The van der Waals surface area contributed by atoms with Crippen molar-refractivity contribution in [3.8, 4) is 0 Å². The van der Waals surface area contributed by atoms with Gasteiger partial charge in [0.05, 0.1) is 34.4 Å². The average molecular weight is 504 g/mol. The van der Waals surface area contributed by atoms with Gasteiger partial charge in [-0.1, -0.05) is 35.9 Å². The van der Waals surface area contributed by atoms with E-state index in [2.05, 4.69) is 20.2 Å². The van der Waals surface area contributed by atoms with Crippen molar-refractivity contribution in [3.05, 3.63) is 96.2 Å². The first kappa shape index (κ1) is 24.9. The fraction of sp³-hybridized carbons (Fsp3) is 0.160. The number of nitrogens with two attached hydrogens (primary N) is 2. The molecule has 4 N–H and O–H groups in total. The van der Waals surface area contributed by atoms with Crippen LogP contribution in [-0.2, 0) is 27.7 Å². The number of benzene rings is 2. The van der Waals surface area contributed by atoms with Crippen LogP contribution in [0.5, 0.6) is 0 Å². The average Bonchev–Trinajstić information content (AvgIpc) is 3.34. The number of pyridine rings is 1. The monoisotopic (exact) mass is 503 g/mol. The Morgan fingerprint density at radius 1 is 1.00 bits per heavy atom. The number of imidazole rings is 1. The van der Waals surface area contributed by atoms with E-state index < -0.39 is 16.1 Å². The Labute approximate surface area is 208 Å². The van der Waals surface area contributed by atoms with Crippen LogP contribution in [0.15, 0.2) is 94.4 Å². The second kappa shape index (κ2) is 10.6. The Balaban J connectivity index is 1.38. The largest absolute Gasteiger partial charge is 0.382 e. The molecule has 0 fully saturated rings. The molecule has 0 aliphatic heterocycles. The maximum absolute atomic E-state index is 12.8. The molecule has 1 atom stereocenters. The predicted molar refractivity (Wildman–Crippen MR) is 136 cm³/mol. The summed E-state index contributed by atoms with van der Waals surface area (Å²) in [6, 6.07) is 18.1. The molecule has 2 aromatic heterocycles. The highest BCUT2D eigenvalue weighted by atomic mass is 32.2. The van der Waals surface area contributed by atoms with Crippen molar-refractivity contribution >= 4 is 33.0 Å². The molecule has 0 unspecified atom stereocenters.